The van der Waals surface area contributed by atoms with E-state index >= 15 is 0 Å². The molecule has 1 aliphatic heterocycles. The first-order valence-corrected chi connectivity index (χ1v) is 7.28. The van der Waals surface area contributed by atoms with Gasteiger partial charge in [-0.1, -0.05) is 32.4 Å². The molecule has 19 heavy (non-hydrogen) atoms. The average molecular weight is 264 g/mol. The van der Waals surface area contributed by atoms with Crippen LogP contribution in [0.1, 0.15) is 38.7 Å². The highest BCUT2D eigenvalue weighted by Gasteiger charge is 2.21. The third-order valence-electron chi connectivity index (χ3n) is 4.00. The summed E-state index contributed by atoms with van der Waals surface area (Å²) >= 11 is 0. The first-order chi connectivity index (χ1) is 9.08. The summed E-state index contributed by atoms with van der Waals surface area (Å²) in [5.74, 6) is -0.168. The van der Waals surface area contributed by atoms with Gasteiger partial charge in [-0.3, -0.25) is 0 Å². The molecule has 1 saturated heterocycles. The van der Waals surface area contributed by atoms with Gasteiger partial charge in [0.1, 0.15) is 5.82 Å². The van der Waals surface area contributed by atoms with Gasteiger partial charge in [0.15, 0.2) is 0 Å². The second-order valence-corrected chi connectivity index (χ2v) is 6.17. The molecule has 2 nitrogen and oxygen atoms in total. The lowest BCUT2D eigenvalue weighted by Crippen LogP contribution is -2.44. The van der Waals surface area contributed by atoms with Crippen molar-refractivity contribution in [1.29, 1.82) is 0 Å². The molecule has 0 spiro atoms. The number of nitrogens with one attached hydrogen (secondary N) is 2. The number of halogens is 1. The van der Waals surface area contributed by atoms with E-state index in [9.17, 15) is 4.39 Å². The fourth-order valence-electron chi connectivity index (χ4n) is 2.66. The van der Waals surface area contributed by atoms with Gasteiger partial charge >= 0.3 is 0 Å². The van der Waals surface area contributed by atoms with Gasteiger partial charge in [0.2, 0.25) is 0 Å². The molecule has 0 bridgehead atoms. The van der Waals surface area contributed by atoms with E-state index in [1.165, 1.54) is 24.8 Å². The van der Waals surface area contributed by atoms with Crippen molar-refractivity contribution in [3.05, 3.63) is 35.6 Å². The van der Waals surface area contributed by atoms with Crippen molar-refractivity contribution in [2.24, 2.45) is 0 Å². The largest absolute Gasteiger partial charge is 0.314 e. The Balaban J connectivity index is 1.81. The van der Waals surface area contributed by atoms with E-state index in [1.807, 2.05) is 12.1 Å². The number of piperidine rings is 1. The lowest BCUT2D eigenvalue weighted by Gasteiger charge is -2.29. The van der Waals surface area contributed by atoms with Crippen LogP contribution >= 0.6 is 0 Å². The smallest absolute Gasteiger partial charge is 0.123 e. The highest BCUT2D eigenvalue weighted by atomic mass is 19.1. The fraction of sp³-hybridized carbons (Fsp3) is 0.625. The van der Waals surface area contributed by atoms with Crippen molar-refractivity contribution in [3.8, 4) is 0 Å². The van der Waals surface area contributed by atoms with Gasteiger partial charge in [-0.05, 0) is 37.1 Å². The van der Waals surface area contributed by atoms with Gasteiger partial charge in [-0.25, -0.2) is 4.39 Å². The van der Waals surface area contributed by atoms with Crippen molar-refractivity contribution in [2.75, 3.05) is 19.6 Å². The number of benzene rings is 1. The molecule has 2 N–H and O–H groups in total. The predicted octanol–water partition coefficient (Wildman–Crippen LogP) is 2.84. The van der Waals surface area contributed by atoms with Crippen molar-refractivity contribution in [2.45, 2.75) is 44.6 Å². The minimum Gasteiger partial charge on any atom is -0.314 e. The average Bonchev–Trinajstić information content (AvgIpc) is 2.40. The highest BCUT2D eigenvalue weighted by molar-refractivity contribution is 5.24. The fourth-order valence-corrected chi connectivity index (χ4v) is 2.66. The van der Waals surface area contributed by atoms with Crippen molar-refractivity contribution >= 4 is 0 Å². The van der Waals surface area contributed by atoms with E-state index in [-0.39, 0.29) is 11.2 Å². The lowest BCUT2D eigenvalue weighted by molar-refractivity contribution is 0.366. The molecule has 1 atom stereocenters. The third-order valence-corrected chi connectivity index (χ3v) is 4.00. The zero-order valence-electron chi connectivity index (χ0n) is 12.0. The van der Waals surface area contributed by atoms with E-state index in [2.05, 4.69) is 24.5 Å². The maximum absolute atomic E-state index is 12.9. The highest BCUT2D eigenvalue weighted by Crippen LogP contribution is 2.22. The number of hydrogen-bond donors (Lipinski definition) is 2. The summed E-state index contributed by atoms with van der Waals surface area (Å²) in [6.07, 6.45) is 3.91. The molecular formula is C16H25FN2. The van der Waals surface area contributed by atoms with Crippen molar-refractivity contribution in [3.63, 3.8) is 0 Å². The molecule has 0 aliphatic carbocycles. The Kier molecular flexibility index (Phi) is 4.94. The van der Waals surface area contributed by atoms with Gasteiger partial charge in [-0.15, -0.1) is 0 Å². The van der Waals surface area contributed by atoms with Crippen molar-refractivity contribution < 1.29 is 4.39 Å². The second kappa shape index (κ2) is 6.49. The van der Waals surface area contributed by atoms with Crippen LogP contribution in [0.3, 0.4) is 0 Å². The molecule has 0 saturated carbocycles. The van der Waals surface area contributed by atoms with Crippen molar-refractivity contribution in [1.82, 2.24) is 10.6 Å². The molecule has 3 heteroatoms. The minimum atomic E-state index is -0.168. The summed E-state index contributed by atoms with van der Waals surface area (Å²) < 4.78 is 12.9. The Bertz CT molecular complexity index is 380. The van der Waals surface area contributed by atoms with Gasteiger partial charge in [0.05, 0.1) is 0 Å². The normalized spacial score (nSPS) is 20.5. The number of rotatable bonds is 5. The predicted molar refractivity (Wildman–Crippen MR) is 77.9 cm³/mol. The quantitative estimate of drug-likeness (QED) is 0.854. The van der Waals surface area contributed by atoms with E-state index in [0.717, 1.165) is 19.6 Å². The Hall–Kier alpha value is -0.930. The maximum Gasteiger partial charge on any atom is 0.123 e. The first-order valence-electron chi connectivity index (χ1n) is 7.28. The third kappa shape index (κ3) is 4.29. The summed E-state index contributed by atoms with van der Waals surface area (Å²) in [7, 11) is 0. The van der Waals surface area contributed by atoms with Crippen LogP contribution in [0.2, 0.25) is 0 Å². The summed E-state index contributed by atoms with van der Waals surface area (Å²) in [5.41, 5.74) is 1.21. The monoisotopic (exact) mass is 264 g/mol. The standard InChI is InChI=1S/C16H25FN2/c1-16(2,13-6-8-14(17)9-7-13)12-18-11-15-5-3-4-10-19-15/h6-9,15,18-19H,3-5,10-12H2,1-2H3. The molecule has 1 aromatic carbocycles. The first kappa shape index (κ1) is 14.5. The van der Waals surface area contributed by atoms with Gasteiger partial charge in [0, 0.05) is 24.5 Å². The van der Waals surface area contributed by atoms with Gasteiger partial charge < -0.3 is 10.6 Å². The Morgan fingerprint density at radius 2 is 2.00 bits per heavy atom. The van der Waals surface area contributed by atoms with Crippen LogP contribution in [0.25, 0.3) is 0 Å². The molecule has 0 aromatic heterocycles. The SMILES string of the molecule is CC(C)(CNCC1CCCCN1)c1ccc(F)cc1. The Labute approximate surface area is 115 Å². The number of hydrogen-bond acceptors (Lipinski definition) is 2. The van der Waals surface area contributed by atoms with E-state index in [4.69, 9.17) is 0 Å². The van der Waals surface area contributed by atoms with Crippen LogP contribution in [-0.4, -0.2) is 25.7 Å². The van der Waals surface area contributed by atoms with E-state index in [0.29, 0.717) is 6.04 Å². The van der Waals surface area contributed by atoms with Crippen LogP contribution < -0.4 is 10.6 Å². The summed E-state index contributed by atoms with van der Waals surface area (Å²) in [6.45, 7) is 7.47. The van der Waals surface area contributed by atoms with Crippen LogP contribution in [0.15, 0.2) is 24.3 Å². The zero-order chi connectivity index (χ0) is 13.7. The van der Waals surface area contributed by atoms with E-state index in [1.54, 1.807) is 12.1 Å². The van der Waals surface area contributed by atoms with Gasteiger partial charge in [-0.2, -0.15) is 0 Å². The molecule has 1 fully saturated rings. The second-order valence-electron chi connectivity index (χ2n) is 6.17. The molecule has 1 unspecified atom stereocenters. The molecule has 0 radical (unpaired) electrons. The minimum absolute atomic E-state index is 0.0301. The summed E-state index contributed by atoms with van der Waals surface area (Å²) in [4.78, 5) is 0. The van der Waals surface area contributed by atoms with Crippen LogP contribution in [-0.2, 0) is 5.41 Å². The molecule has 0 amide bonds. The molecule has 1 aliphatic rings. The topological polar surface area (TPSA) is 24.1 Å². The molecule has 1 heterocycles. The lowest BCUT2D eigenvalue weighted by atomic mass is 9.84. The molecule has 2 rings (SSSR count). The van der Waals surface area contributed by atoms with E-state index < -0.39 is 0 Å². The van der Waals surface area contributed by atoms with Crippen LogP contribution in [0.4, 0.5) is 4.39 Å². The molecule has 1 aromatic rings. The molecule has 106 valence electrons. The zero-order valence-corrected chi connectivity index (χ0v) is 12.0. The Morgan fingerprint density at radius 1 is 1.26 bits per heavy atom. The van der Waals surface area contributed by atoms with Crippen LogP contribution in [0.5, 0.6) is 0 Å². The maximum atomic E-state index is 12.9. The molecular weight excluding hydrogens is 239 g/mol. The summed E-state index contributed by atoms with van der Waals surface area (Å²) in [5, 5.41) is 7.09. The van der Waals surface area contributed by atoms with Crippen LogP contribution in [0, 0.1) is 5.82 Å². The summed E-state index contributed by atoms with van der Waals surface area (Å²) in [6, 6.07) is 7.46. The Morgan fingerprint density at radius 3 is 2.63 bits per heavy atom. The van der Waals surface area contributed by atoms with Gasteiger partial charge in [0.25, 0.3) is 0 Å².